The Morgan fingerprint density at radius 3 is 2.67 bits per heavy atom. The summed E-state index contributed by atoms with van der Waals surface area (Å²) in [4.78, 5) is 16.0. The molecule has 7 nitrogen and oxygen atoms in total. The summed E-state index contributed by atoms with van der Waals surface area (Å²) >= 11 is 2.25. The number of benzene rings is 2. The zero-order valence-corrected chi connectivity index (χ0v) is 23.7. The van der Waals surface area contributed by atoms with Gasteiger partial charge < -0.3 is 14.0 Å². The van der Waals surface area contributed by atoms with Crippen LogP contribution in [0, 0.1) is 9.49 Å². The van der Waals surface area contributed by atoms with Crippen LogP contribution < -0.4 is 4.90 Å². The Labute approximate surface area is 225 Å². The number of carbonyl (C=O) groups is 1. The molecule has 190 valence electrons. The molecule has 0 unspecified atom stereocenters. The van der Waals surface area contributed by atoms with E-state index in [0.717, 1.165) is 20.5 Å². The third-order valence-corrected chi connectivity index (χ3v) is 10.6. The van der Waals surface area contributed by atoms with Crippen LogP contribution in [-0.2, 0) is 28.1 Å². The van der Waals surface area contributed by atoms with Gasteiger partial charge in [-0.15, -0.1) is 5.10 Å². The molecule has 1 spiro atoms. The lowest BCUT2D eigenvalue weighted by Gasteiger charge is -2.31. The SMILES string of the molecule is C[C@H]1[C@H]([Si](C)(C)F)[C@@H](CCn2cc(CCO)nn2)O[C@]12C(=O)N(c1ccccc1)c1ccc(I)cc12. The molecular formula is C26H30FIN4O3Si. The van der Waals surface area contributed by atoms with Crippen molar-refractivity contribution in [2.24, 2.45) is 5.92 Å². The highest BCUT2D eigenvalue weighted by molar-refractivity contribution is 14.1. The van der Waals surface area contributed by atoms with Crippen molar-refractivity contribution in [1.29, 1.82) is 0 Å². The molecule has 1 N–H and O–H groups in total. The second kappa shape index (κ2) is 9.62. The first-order valence-corrected chi connectivity index (χ1v) is 16.3. The first kappa shape index (κ1) is 25.5. The van der Waals surface area contributed by atoms with Crippen LogP contribution in [0.3, 0.4) is 0 Å². The van der Waals surface area contributed by atoms with E-state index in [1.807, 2.05) is 55.5 Å². The van der Waals surface area contributed by atoms with Crippen LogP contribution >= 0.6 is 22.6 Å². The highest BCUT2D eigenvalue weighted by Gasteiger charge is 2.66. The highest BCUT2D eigenvalue weighted by Crippen LogP contribution is 2.61. The molecule has 1 saturated heterocycles. The van der Waals surface area contributed by atoms with E-state index < -0.39 is 20.1 Å². The zero-order chi connectivity index (χ0) is 25.7. The van der Waals surface area contributed by atoms with E-state index in [4.69, 9.17) is 9.84 Å². The predicted molar refractivity (Wildman–Crippen MR) is 146 cm³/mol. The summed E-state index contributed by atoms with van der Waals surface area (Å²) in [7, 11) is -3.23. The summed E-state index contributed by atoms with van der Waals surface area (Å²) in [6.45, 7) is 5.89. The van der Waals surface area contributed by atoms with E-state index in [2.05, 4.69) is 32.9 Å². The Bertz CT molecular complexity index is 1270. The summed E-state index contributed by atoms with van der Waals surface area (Å²) in [6, 6.07) is 15.5. The average molecular weight is 621 g/mol. The lowest BCUT2D eigenvalue weighted by molar-refractivity contribution is -0.145. The van der Waals surface area contributed by atoms with Gasteiger partial charge in [0.1, 0.15) is 0 Å². The lowest BCUT2D eigenvalue weighted by atomic mass is 9.82. The van der Waals surface area contributed by atoms with Gasteiger partial charge in [0.15, 0.2) is 5.60 Å². The van der Waals surface area contributed by atoms with Crippen molar-refractivity contribution in [2.75, 3.05) is 11.5 Å². The number of aliphatic hydroxyl groups is 1. The van der Waals surface area contributed by atoms with Crippen LogP contribution in [-0.4, -0.2) is 47.1 Å². The number of amides is 1. The van der Waals surface area contributed by atoms with Gasteiger partial charge in [-0.1, -0.05) is 30.3 Å². The third-order valence-electron chi connectivity index (χ3n) is 7.44. The largest absolute Gasteiger partial charge is 0.396 e. The predicted octanol–water partition coefficient (Wildman–Crippen LogP) is 4.96. The molecule has 2 aliphatic rings. The van der Waals surface area contributed by atoms with Crippen molar-refractivity contribution < 1.29 is 18.7 Å². The molecule has 5 rings (SSSR count). The number of hydrogen-bond acceptors (Lipinski definition) is 5. The van der Waals surface area contributed by atoms with Gasteiger partial charge in [-0.2, -0.15) is 0 Å². The minimum atomic E-state index is -3.23. The monoisotopic (exact) mass is 620 g/mol. The van der Waals surface area contributed by atoms with Gasteiger partial charge in [-0.05, 0) is 72.4 Å². The Morgan fingerprint density at radius 1 is 1.22 bits per heavy atom. The first-order chi connectivity index (χ1) is 17.2. The Hall–Kier alpha value is -2.15. The molecule has 3 aromatic rings. The number of aromatic nitrogens is 3. The van der Waals surface area contributed by atoms with Crippen molar-refractivity contribution in [1.82, 2.24) is 15.0 Å². The molecule has 4 atom stereocenters. The Morgan fingerprint density at radius 2 is 1.97 bits per heavy atom. The summed E-state index contributed by atoms with van der Waals surface area (Å²) in [5, 5.41) is 17.4. The number of ether oxygens (including phenoxy) is 1. The number of para-hydroxylation sites is 1. The molecule has 1 fully saturated rings. The molecule has 0 saturated carbocycles. The second-order valence-corrected chi connectivity index (χ2v) is 15.2. The number of aryl methyl sites for hydroxylation is 1. The minimum absolute atomic E-state index is 0.00636. The first-order valence-electron chi connectivity index (χ1n) is 12.2. The lowest BCUT2D eigenvalue weighted by Crippen LogP contribution is -2.44. The van der Waals surface area contributed by atoms with E-state index in [0.29, 0.717) is 25.1 Å². The van der Waals surface area contributed by atoms with Gasteiger partial charge in [0.2, 0.25) is 8.41 Å². The average Bonchev–Trinajstić information content (AvgIpc) is 3.47. The molecule has 3 heterocycles. The van der Waals surface area contributed by atoms with E-state index in [1.54, 1.807) is 28.9 Å². The molecule has 10 heteroatoms. The van der Waals surface area contributed by atoms with E-state index >= 15 is 4.11 Å². The molecule has 0 aliphatic carbocycles. The van der Waals surface area contributed by atoms with Crippen LogP contribution in [0.5, 0.6) is 0 Å². The molecule has 36 heavy (non-hydrogen) atoms. The number of hydrogen-bond donors (Lipinski definition) is 1. The molecule has 2 aromatic carbocycles. The summed E-state index contributed by atoms with van der Waals surface area (Å²) in [5.74, 6) is -0.497. The van der Waals surface area contributed by atoms with Crippen molar-refractivity contribution in [3.05, 3.63) is 69.6 Å². The third kappa shape index (κ3) is 4.21. The zero-order valence-electron chi connectivity index (χ0n) is 20.6. The van der Waals surface area contributed by atoms with E-state index in [9.17, 15) is 4.79 Å². The van der Waals surface area contributed by atoms with Crippen molar-refractivity contribution in [2.45, 2.75) is 56.7 Å². The maximum atomic E-state index is 15.9. The molecule has 1 aromatic heterocycles. The number of nitrogens with zero attached hydrogens (tertiary/aromatic N) is 4. The van der Waals surface area contributed by atoms with Crippen LogP contribution in [0.25, 0.3) is 0 Å². The maximum Gasteiger partial charge on any atom is 0.268 e. The maximum absolute atomic E-state index is 15.9. The van der Waals surface area contributed by atoms with Gasteiger partial charge in [-0.25, -0.2) is 0 Å². The van der Waals surface area contributed by atoms with Gasteiger partial charge in [0.05, 0.1) is 17.5 Å². The Kier molecular flexibility index (Phi) is 6.81. The number of aliphatic hydroxyl groups excluding tert-OH is 1. The molecule has 1 amide bonds. The molecule has 0 bridgehead atoms. The number of fused-ring (bicyclic) bond motifs is 2. The standard InChI is InChI=1S/C26H30FIN4O3Si/c1-17-24(36(2,3)27)23(11-13-31-16-19(12-14-33)29-30-31)35-26(17)21-15-18(28)9-10-22(21)32(25(26)34)20-7-5-4-6-8-20/h4-10,15-17,23-24,33H,11-14H2,1-3H3/t17-,23+,24-,26+/m0/s1. The van der Waals surface area contributed by atoms with E-state index in [1.165, 1.54) is 0 Å². The minimum Gasteiger partial charge on any atom is -0.396 e. The van der Waals surface area contributed by atoms with Crippen LogP contribution in [0.15, 0.2) is 54.7 Å². The van der Waals surface area contributed by atoms with Crippen molar-refractivity contribution in [3.63, 3.8) is 0 Å². The van der Waals surface area contributed by atoms with Gasteiger partial charge >= 0.3 is 0 Å². The van der Waals surface area contributed by atoms with Crippen molar-refractivity contribution >= 4 is 48.3 Å². The van der Waals surface area contributed by atoms with Gasteiger partial charge in [0.25, 0.3) is 5.91 Å². The Balaban J connectivity index is 1.54. The summed E-state index contributed by atoms with van der Waals surface area (Å²) < 4.78 is 25.4. The fourth-order valence-corrected chi connectivity index (χ4v) is 9.02. The van der Waals surface area contributed by atoms with E-state index in [-0.39, 0.29) is 24.0 Å². The van der Waals surface area contributed by atoms with Crippen LogP contribution in [0.4, 0.5) is 15.5 Å². The van der Waals surface area contributed by atoms with Gasteiger partial charge in [-0.3, -0.25) is 14.4 Å². The quantitative estimate of drug-likeness (QED) is 0.230. The van der Waals surface area contributed by atoms with Crippen LogP contribution in [0.2, 0.25) is 18.6 Å². The number of carbonyl (C=O) groups excluding carboxylic acids is 1. The fraction of sp³-hybridized carbons (Fsp3) is 0.423. The topological polar surface area (TPSA) is 80.5 Å². The number of halogens is 2. The van der Waals surface area contributed by atoms with Crippen molar-refractivity contribution in [3.8, 4) is 0 Å². The number of anilines is 2. The molecule has 2 aliphatic heterocycles. The molecular weight excluding hydrogens is 590 g/mol. The van der Waals surface area contributed by atoms with Crippen LogP contribution in [0.1, 0.15) is 24.6 Å². The second-order valence-electron chi connectivity index (χ2n) is 10.1. The summed E-state index contributed by atoms with van der Waals surface area (Å²) in [5.41, 5.74) is 1.47. The fourth-order valence-electron chi connectivity index (χ4n) is 5.98. The summed E-state index contributed by atoms with van der Waals surface area (Å²) in [6.07, 6.45) is 2.30. The number of rotatable bonds is 7. The smallest absolute Gasteiger partial charge is 0.268 e. The van der Waals surface area contributed by atoms with Gasteiger partial charge in [0, 0.05) is 52.0 Å². The molecule has 0 radical (unpaired) electrons. The highest BCUT2D eigenvalue weighted by atomic mass is 127. The normalized spacial score (nSPS) is 25.7.